The molecule has 132 valence electrons. The van der Waals surface area contributed by atoms with Gasteiger partial charge in [-0.25, -0.2) is 9.48 Å². The molecule has 0 fully saturated rings. The van der Waals surface area contributed by atoms with Gasteiger partial charge in [0.15, 0.2) is 0 Å². The summed E-state index contributed by atoms with van der Waals surface area (Å²) in [5.74, 6) is -0.255. The van der Waals surface area contributed by atoms with Gasteiger partial charge in [-0.15, -0.1) is 0 Å². The van der Waals surface area contributed by atoms with Crippen LogP contribution in [-0.4, -0.2) is 21.7 Å². The van der Waals surface area contributed by atoms with Crippen LogP contribution in [0.2, 0.25) is 0 Å². The van der Waals surface area contributed by atoms with E-state index in [0.717, 1.165) is 17.1 Å². The van der Waals surface area contributed by atoms with E-state index >= 15 is 0 Å². The molecule has 7 nitrogen and oxygen atoms in total. The van der Waals surface area contributed by atoms with Gasteiger partial charge in [0.2, 0.25) is 0 Å². The summed E-state index contributed by atoms with van der Waals surface area (Å²) in [6.07, 6.45) is 0. The number of para-hydroxylation sites is 1. The van der Waals surface area contributed by atoms with Gasteiger partial charge in [0.25, 0.3) is 5.91 Å². The lowest BCUT2D eigenvalue weighted by Gasteiger charge is -2.08. The highest BCUT2D eigenvalue weighted by Crippen LogP contribution is 2.23. The van der Waals surface area contributed by atoms with E-state index in [1.165, 1.54) is 0 Å². The van der Waals surface area contributed by atoms with E-state index in [1.807, 2.05) is 44.2 Å². The quantitative estimate of drug-likeness (QED) is 0.674. The minimum atomic E-state index is -0.651. The van der Waals surface area contributed by atoms with Gasteiger partial charge >= 0.3 is 6.03 Å². The van der Waals surface area contributed by atoms with Crippen molar-refractivity contribution in [1.29, 1.82) is 0 Å². The first-order chi connectivity index (χ1) is 12.5. The number of primary amides is 1. The SMILES string of the molecule is Cc1nn(-c2ccccc2)c(C)c1NC(=O)c1ccc(NC(N)=O)cc1. The summed E-state index contributed by atoms with van der Waals surface area (Å²) in [5.41, 5.74) is 9.24. The number of nitrogens with two attached hydrogens (primary N) is 1. The first kappa shape index (κ1) is 17.2. The van der Waals surface area contributed by atoms with E-state index in [4.69, 9.17) is 5.73 Å². The summed E-state index contributed by atoms with van der Waals surface area (Å²) in [7, 11) is 0. The monoisotopic (exact) mass is 349 g/mol. The van der Waals surface area contributed by atoms with Crippen molar-refractivity contribution < 1.29 is 9.59 Å². The number of nitrogens with zero attached hydrogens (tertiary/aromatic N) is 2. The number of carbonyl (C=O) groups excluding carboxylic acids is 2. The van der Waals surface area contributed by atoms with Crippen molar-refractivity contribution in [3.05, 3.63) is 71.5 Å². The normalized spacial score (nSPS) is 10.4. The summed E-state index contributed by atoms with van der Waals surface area (Å²) in [4.78, 5) is 23.4. The Labute approximate surface area is 150 Å². The van der Waals surface area contributed by atoms with Gasteiger partial charge < -0.3 is 16.4 Å². The van der Waals surface area contributed by atoms with Crippen LogP contribution in [0, 0.1) is 13.8 Å². The molecule has 0 bridgehead atoms. The molecule has 2 aromatic carbocycles. The van der Waals surface area contributed by atoms with Crippen LogP contribution in [0.4, 0.5) is 16.2 Å². The summed E-state index contributed by atoms with van der Waals surface area (Å²) < 4.78 is 1.80. The van der Waals surface area contributed by atoms with E-state index in [2.05, 4.69) is 15.7 Å². The lowest BCUT2D eigenvalue weighted by atomic mass is 10.2. The summed E-state index contributed by atoms with van der Waals surface area (Å²) in [6, 6.07) is 15.5. The van der Waals surface area contributed by atoms with Crippen LogP contribution in [0.15, 0.2) is 54.6 Å². The molecule has 0 saturated carbocycles. The number of hydrogen-bond acceptors (Lipinski definition) is 3. The maximum absolute atomic E-state index is 12.5. The lowest BCUT2D eigenvalue weighted by Crippen LogP contribution is -2.19. The number of nitrogens with one attached hydrogen (secondary N) is 2. The Hall–Kier alpha value is -3.61. The minimum Gasteiger partial charge on any atom is -0.351 e. The van der Waals surface area contributed by atoms with E-state index in [9.17, 15) is 9.59 Å². The van der Waals surface area contributed by atoms with Crippen molar-refractivity contribution in [2.75, 3.05) is 10.6 Å². The smallest absolute Gasteiger partial charge is 0.316 e. The lowest BCUT2D eigenvalue weighted by molar-refractivity contribution is 0.102. The van der Waals surface area contributed by atoms with E-state index < -0.39 is 6.03 Å². The number of aryl methyl sites for hydroxylation is 1. The van der Waals surface area contributed by atoms with Gasteiger partial charge in [-0.2, -0.15) is 5.10 Å². The van der Waals surface area contributed by atoms with Crippen molar-refractivity contribution >= 4 is 23.3 Å². The van der Waals surface area contributed by atoms with E-state index in [0.29, 0.717) is 16.9 Å². The standard InChI is InChI=1S/C19H19N5O2/c1-12-17(13(2)24(23-12)16-6-4-3-5-7-16)22-18(25)14-8-10-15(11-9-14)21-19(20)26/h3-11H,1-2H3,(H,22,25)(H3,20,21,26). The molecule has 3 rings (SSSR count). The number of urea groups is 1. The van der Waals surface area contributed by atoms with Crippen LogP contribution in [-0.2, 0) is 0 Å². The molecule has 26 heavy (non-hydrogen) atoms. The number of carbonyl (C=O) groups is 2. The molecule has 0 atom stereocenters. The zero-order chi connectivity index (χ0) is 18.7. The van der Waals surface area contributed by atoms with E-state index in [-0.39, 0.29) is 5.91 Å². The summed E-state index contributed by atoms with van der Waals surface area (Å²) in [5, 5.41) is 9.88. The summed E-state index contributed by atoms with van der Waals surface area (Å²) >= 11 is 0. The third-order valence-corrected chi connectivity index (χ3v) is 3.95. The number of amides is 3. The first-order valence-electron chi connectivity index (χ1n) is 8.05. The second-order valence-corrected chi connectivity index (χ2v) is 5.81. The average molecular weight is 349 g/mol. The van der Waals surface area contributed by atoms with Crippen LogP contribution in [0.5, 0.6) is 0 Å². The molecule has 0 aliphatic heterocycles. The van der Waals surface area contributed by atoms with Gasteiger partial charge in [0.05, 0.1) is 22.8 Å². The second kappa shape index (κ2) is 7.10. The van der Waals surface area contributed by atoms with Crippen LogP contribution >= 0.6 is 0 Å². The maximum atomic E-state index is 12.5. The number of benzene rings is 2. The van der Waals surface area contributed by atoms with Crippen molar-refractivity contribution in [3.63, 3.8) is 0 Å². The molecule has 0 radical (unpaired) electrons. The Bertz CT molecular complexity index is 946. The molecule has 3 amide bonds. The molecule has 1 heterocycles. The van der Waals surface area contributed by atoms with Crippen LogP contribution < -0.4 is 16.4 Å². The number of hydrogen-bond donors (Lipinski definition) is 3. The van der Waals surface area contributed by atoms with Gasteiger partial charge in [0, 0.05) is 11.3 Å². The molecule has 0 aliphatic rings. The average Bonchev–Trinajstić information content (AvgIpc) is 2.91. The molecule has 0 aliphatic carbocycles. The van der Waals surface area contributed by atoms with Crippen LogP contribution in [0.25, 0.3) is 5.69 Å². The third-order valence-electron chi connectivity index (χ3n) is 3.95. The van der Waals surface area contributed by atoms with Crippen LogP contribution in [0.1, 0.15) is 21.7 Å². The Balaban J connectivity index is 1.82. The first-order valence-corrected chi connectivity index (χ1v) is 8.05. The maximum Gasteiger partial charge on any atom is 0.316 e. The Morgan fingerprint density at radius 2 is 1.62 bits per heavy atom. The molecule has 1 aromatic heterocycles. The molecule has 3 aromatic rings. The van der Waals surface area contributed by atoms with Gasteiger partial charge in [-0.3, -0.25) is 4.79 Å². The fourth-order valence-corrected chi connectivity index (χ4v) is 2.68. The van der Waals surface area contributed by atoms with Gasteiger partial charge in [-0.1, -0.05) is 18.2 Å². The number of anilines is 2. The molecule has 0 spiro atoms. The predicted octanol–water partition coefficient (Wildman–Crippen LogP) is 3.23. The largest absolute Gasteiger partial charge is 0.351 e. The highest BCUT2D eigenvalue weighted by atomic mass is 16.2. The second-order valence-electron chi connectivity index (χ2n) is 5.81. The summed E-state index contributed by atoms with van der Waals surface area (Å²) in [6.45, 7) is 3.75. The van der Waals surface area contributed by atoms with Crippen molar-refractivity contribution in [3.8, 4) is 5.69 Å². The van der Waals surface area contributed by atoms with Gasteiger partial charge in [-0.05, 0) is 50.2 Å². The molecular formula is C19H19N5O2. The molecular weight excluding hydrogens is 330 g/mol. The fraction of sp³-hybridized carbons (Fsp3) is 0.105. The van der Waals surface area contributed by atoms with Crippen molar-refractivity contribution in [1.82, 2.24) is 9.78 Å². The van der Waals surface area contributed by atoms with Crippen LogP contribution in [0.3, 0.4) is 0 Å². The molecule has 0 saturated heterocycles. The zero-order valence-corrected chi connectivity index (χ0v) is 14.5. The Morgan fingerprint density at radius 1 is 0.962 bits per heavy atom. The zero-order valence-electron chi connectivity index (χ0n) is 14.5. The molecule has 4 N–H and O–H groups in total. The van der Waals surface area contributed by atoms with Gasteiger partial charge in [0.1, 0.15) is 0 Å². The highest BCUT2D eigenvalue weighted by molar-refractivity contribution is 6.05. The van der Waals surface area contributed by atoms with Crippen molar-refractivity contribution in [2.45, 2.75) is 13.8 Å². The van der Waals surface area contributed by atoms with Crippen molar-refractivity contribution in [2.24, 2.45) is 5.73 Å². The third kappa shape index (κ3) is 3.56. The highest BCUT2D eigenvalue weighted by Gasteiger charge is 2.16. The fourth-order valence-electron chi connectivity index (χ4n) is 2.68. The topological polar surface area (TPSA) is 102 Å². The van der Waals surface area contributed by atoms with E-state index in [1.54, 1.807) is 28.9 Å². The minimum absolute atomic E-state index is 0.255. The molecule has 7 heteroatoms. The Morgan fingerprint density at radius 3 is 2.23 bits per heavy atom. The number of rotatable bonds is 4. The predicted molar refractivity (Wildman–Crippen MR) is 101 cm³/mol. The number of aromatic nitrogens is 2. The molecule has 0 unspecified atom stereocenters. The Kier molecular flexibility index (Phi) is 4.70.